The summed E-state index contributed by atoms with van der Waals surface area (Å²) in [6.07, 6.45) is 2.26. The predicted octanol–water partition coefficient (Wildman–Crippen LogP) is 2.49. The van der Waals surface area contributed by atoms with Crippen LogP contribution in [-0.2, 0) is 0 Å². The van der Waals surface area contributed by atoms with Crippen LogP contribution in [-0.4, -0.2) is 36.5 Å². The van der Waals surface area contributed by atoms with Crippen molar-refractivity contribution in [2.45, 2.75) is 12.8 Å². The van der Waals surface area contributed by atoms with Gasteiger partial charge in [-0.05, 0) is 44.5 Å². The molecule has 1 aliphatic rings. The van der Waals surface area contributed by atoms with Crippen molar-refractivity contribution >= 4 is 11.4 Å². The van der Waals surface area contributed by atoms with Gasteiger partial charge in [-0.1, -0.05) is 0 Å². The molecule has 1 saturated heterocycles. The topological polar surface area (TPSA) is 58.4 Å². The smallest absolute Gasteiger partial charge is 0.295 e. The molecule has 19 heavy (non-hydrogen) atoms. The number of halogens is 1. The van der Waals surface area contributed by atoms with Gasteiger partial charge in [-0.15, -0.1) is 0 Å². The second-order valence-corrected chi connectivity index (χ2v) is 5.07. The molecule has 1 aromatic carbocycles. The van der Waals surface area contributed by atoms with E-state index in [1.165, 1.54) is 12.1 Å². The van der Waals surface area contributed by atoms with Gasteiger partial charge in [0.2, 0.25) is 0 Å². The van der Waals surface area contributed by atoms with Gasteiger partial charge < -0.3 is 10.2 Å². The van der Waals surface area contributed by atoms with Crippen molar-refractivity contribution in [3.63, 3.8) is 0 Å². The summed E-state index contributed by atoms with van der Waals surface area (Å²) >= 11 is 0. The number of nitro groups is 1. The van der Waals surface area contributed by atoms with Crippen LogP contribution in [0.5, 0.6) is 0 Å². The number of anilines is 1. The first-order chi connectivity index (χ1) is 9.06. The van der Waals surface area contributed by atoms with Gasteiger partial charge in [0.25, 0.3) is 5.69 Å². The Balaban J connectivity index is 2.01. The van der Waals surface area contributed by atoms with Crippen molar-refractivity contribution in [2.24, 2.45) is 5.92 Å². The molecule has 1 N–H and O–H groups in total. The Hall–Kier alpha value is -1.69. The largest absolute Gasteiger partial charge is 0.379 e. The number of nitrogens with one attached hydrogen (secondary N) is 1. The van der Waals surface area contributed by atoms with Crippen LogP contribution in [0.15, 0.2) is 18.2 Å². The van der Waals surface area contributed by atoms with Gasteiger partial charge in [-0.2, -0.15) is 0 Å². The van der Waals surface area contributed by atoms with Crippen molar-refractivity contribution in [3.05, 3.63) is 34.1 Å². The number of benzene rings is 1. The second-order valence-electron chi connectivity index (χ2n) is 5.07. The Morgan fingerprint density at radius 3 is 3.05 bits per heavy atom. The van der Waals surface area contributed by atoms with Gasteiger partial charge in [-0.25, -0.2) is 4.39 Å². The molecule has 1 fully saturated rings. The maximum absolute atomic E-state index is 13.0. The molecule has 6 heteroatoms. The van der Waals surface area contributed by atoms with Crippen LogP contribution in [0.4, 0.5) is 15.8 Å². The summed E-state index contributed by atoms with van der Waals surface area (Å²) in [5, 5.41) is 13.9. The third-order valence-corrected chi connectivity index (χ3v) is 3.46. The summed E-state index contributed by atoms with van der Waals surface area (Å²) in [6.45, 7) is 2.77. The van der Waals surface area contributed by atoms with Crippen molar-refractivity contribution in [2.75, 3.05) is 32.0 Å². The van der Waals surface area contributed by atoms with E-state index in [0.29, 0.717) is 18.2 Å². The maximum Gasteiger partial charge on any atom is 0.295 e. The normalized spacial score (nSPS) is 20.2. The predicted molar refractivity (Wildman–Crippen MR) is 71.8 cm³/mol. The fourth-order valence-electron chi connectivity index (χ4n) is 2.50. The highest BCUT2D eigenvalue weighted by molar-refractivity contribution is 5.61. The molecule has 0 bridgehead atoms. The molecule has 104 valence electrons. The van der Waals surface area contributed by atoms with E-state index in [0.717, 1.165) is 32.0 Å². The van der Waals surface area contributed by atoms with Crippen LogP contribution in [0.25, 0.3) is 0 Å². The van der Waals surface area contributed by atoms with Gasteiger partial charge >= 0.3 is 0 Å². The summed E-state index contributed by atoms with van der Waals surface area (Å²) < 4.78 is 13.0. The molecule has 0 spiro atoms. The summed E-state index contributed by atoms with van der Waals surface area (Å²) in [7, 11) is 2.08. The standard InChI is InChI=1S/C13H18FN3O2/c1-16-6-2-3-10(9-16)8-15-12-5-4-11(14)7-13(12)17(18)19/h4-5,7,10,15H,2-3,6,8-9H2,1H3. The molecule has 0 amide bonds. The van der Waals surface area contributed by atoms with E-state index in [-0.39, 0.29) is 5.69 Å². The zero-order valence-electron chi connectivity index (χ0n) is 10.9. The lowest BCUT2D eigenvalue weighted by Gasteiger charge is -2.29. The van der Waals surface area contributed by atoms with Crippen molar-refractivity contribution < 1.29 is 9.31 Å². The third kappa shape index (κ3) is 3.64. The fraction of sp³-hybridized carbons (Fsp3) is 0.538. The molecule has 1 heterocycles. The first-order valence-corrected chi connectivity index (χ1v) is 6.42. The SMILES string of the molecule is CN1CCCC(CNc2ccc(F)cc2[N+](=O)[O-])C1. The molecule has 0 aromatic heterocycles. The minimum Gasteiger partial charge on any atom is -0.379 e. The minimum absolute atomic E-state index is 0.204. The van der Waals surface area contributed by atoms with Gasteiger partial charge in [0, 0.05) is 13.1 Å². The first-order valence-electron chi connectivity index (χ1n) is 6.42. The van der Waals surface area contributed by atoms with Crippen LogP contribution in [0, 0.1) is 21.8 Å². The second kappa shape index (κ2) is 5.97. The van der Waals surface area contributed by atoms with Crippen LogP contribution < -0.4 is 5.32 Å². The lowest BCUT2D eigenvalue weighted by Crippen LogP contribution is -2.35. The van der Waals surface area contributed by atoms with Crippen LogP contribution >= 0.6 is 0 Å². The molecule has 0 saturated carbocycles. The lowest BCUT2D eigenvalue weighted by atomic mass is 9.98. The number of hydrogen-bond acceptors (Lipinski definition) is 4. The zero-order chi connectivity index (χ0) is 13.8. The third-order valence-electron chi connectivity index (χ3n) is 3.46. The van der Waals surface area contributed by atoms with E-state index in [4.69, 9.17) is 0 Å². The van der Waals surface area contributed by atoms with Crippen molar-refractivity contribution in [1.29, 1.82) is 0 Å². The molecular weight excluding hydrogens is 249 g/mol. The summed E-state index contributed by atoms with van der Waals surface area (Å²) in [5.74, 6) is -0.113. The van der Waals surface area contributed by atoms with Gasteiger partial charge in [0.1, 0.15) is 11.5 Å². The Labute approximate surface area is 111 Å². The van der Waals surface area contributed by atoms with E-state index in [1.807, 2.05) is 0 Å². The summed E-state index contributed by atoms with van der Waals surface area (Å²) in [6, 6.07) is 3.62. The highest BCUT2D eigenvalue weighted by Crippen LogP contribution is 2.26. The average molecular weight is 267 g/mol. The van der Waals surface area contributed by atoms with Crippen molar-refractivity contribution in [3.8, 4) is 0 Å². The van der Waals surface area contributed by atoms with Gasteiger partial charge in [-0.3, -0.25) is 10.1 Å². The monoisotopic (exact) mass is 267 g/mol. The number of nitrogens with zero attached hydrogens (tertiary/aromatic N) is 2. The van der Waals surface area contributed by atoms with E-state index in [1.54, 1.807) is 0 Å². The fourth-order valence-corrected chi connectivity index (χ4v) is 2.50. The Bertz CT molecular complexity index is 467. The average Bonchev–Trinajstić information content (AvgIpc) is 2.37. The molecule has 1 atom stereocenters. The highest BCUT2D eigenvalue weighted by atomic mass is 19.1. The van der Waals surface area contributed by atoms with Crippen LogP contribution in [0.3, 0.4) is 0 Å². The molecule has 1 unspecified atom stereocenters. The van der Waals surface area contributed by atoms with E-state index >= 15 is 0 Å². The van der Waals surface area contributed by atoms with Gasteiger partial charge in [0.15, 0.2) is 0 Å². The molecule has 5 nitrogen and oxygen atoms in total. The quantitative estimate of drug-likeness (QED) is 0.672. The maximum atomic E-state index is 13.0. The lowest BCUT2D eigenvalue weighted by molar-refractivity contribution is -0.384. The number of piperidine rings is 1. The Morgan fingerprint density at radius 2 is 2.37 bits per heavy atom. The molecule has 2 rings (SSSR count). The minimum atomic E-state index is -0.588. The van der Waals surface area contributed by atoms with E-state index in [2.05, 4.69) is 17.3 Å². The van der Waals surface area contributed by atoms with E-state index < -0.39 is 10.7 Å². The number of likely N-dealkylation sites (tertiary alicyclic amines) is 1. The molecule has 0 aliphatic carbocycles. The number of rotatable bonds is 4. The highest BCUT2D eigenvalue weighted by Gasteiger charge is 2.19. The van der Waals surface area contributed by atoms with Gasteiger partial charge in [0.05, 0.1) is 11.0 Å². The van der Waals surface area contributed by atoms with E-state index in [9.17, 15) is 14.5 Å². The number of nitro benzene ring substituents is 1. The molecular formula is C13H18FN3O2. The summed E-state index contributed by atoms with van der Waals surface area (Å²) in [5.41, 5.74) is 0.184. The first kappa shape index (κ1) is 13.7. The van der Waals surface area contributed by atoms with Crippen molar-refractivity contribution in [1.82, 2.24) is 4.90 Å². The molecule has 0 radical (unpaired) electrons. The summed E-state index contributed by atoms with van der Waals surface area (Å²) in [4.78, 5) is 12.6. The zero-order valence-corrected chi connectivity index (χ0v) is 10.9. The molecule has 1 aliphatic heterocycles. The Kier molecular flexibility index (Phi) is 4.31. The molecule has 1 aromatic rings. The Morgan fingerprint density at radius 1 is 1.58 bits per heavy atom. The van der Waals surface area contributed by atoms with Crippen LogP contribution in [0.1, 0.15) is 12.8 Å². The van der Waals surface area contributed by atoms with Crippen LogP contribution in [0.2, 0.25) is 0 Å². The number of hydrogen-bond donors (Lipinski definition) is 1.